The molecule has 0 N–H and O–H groups in total. The lowest BCUT2D eigenvalue weighted by atomic mass is 10.0. The summed E-state index contributed by atoms with van der Waals surface area (Å²) in [6.07, 6.45) is 0.594. The third-order valence-electron chi connectivity index (χ3n) is 4.34. The van der Waals surface area contributed by atoms with Crippen LogP contribution in [-0.4, -0.2) is 14.2 Å². The van der Waals surface area contributed by atoms with Crippen LogP contribution in [0.2, 0.25) is 0 Å². The lowest BCUT2D eigenvalue weighted by molar-refractivity contribution is 0.406. The van der Waals surface area contributed by atoms with Crippen LogP contribution in [0, 0.1) is 0 Å². The normalized spacial score (nSPS) is 11.0. The van der Waals surface area contributed by atoms with E-state index in [0.717, 1.165) is 21.9 Å². The Morgan fingerprint density at radius 1 is 0.704 bits per heavy atom. The van der Waals surface area contributed by atoms with Crippen LogP contribution >= 0.6 is 0 Å². The number of methoxy groups -OCH3 is 2. The quantitative estimate of drug-likeness (QED) is 0.516. The summed E-state index contributed by atoms with van der Waals surface area (Å²) in [5, 5.41) is 1.56. The fourth-order valence-electron chi connectivity index (χ4n) is 3.16. The third-order valence-corrected chi connectivity index (χ3v) is 4.34. The summed E-state index contributed by atoms with van der Waals surface area (Å²) in [4.78, 5) is 23.0. The molecule has 0 radical (unpaired) electrons. The summed E-state index contributed by atoms with van der Waals surface area (Å²) < 4.78 is 21.3. The van der Waals surface area contributed by atoms with Crippen molar-refractivity contribution in [2.45, 2.75) is 6.42 Å². The van der Waals surface area contributed by atoms with E-state index < -0.39 is 11.3 Å². The standard InChI is InChI=1S/C21H16O6/c1-24-16-10-12(8-14-3-5-18(22)26-20(14)16)7-13-9-15-4-6-19(23)27-21(15)17(11-13)25-2/h3-6,8-11H,7H2,1-2H3. The zero-order valence-corrected chi connectivity index (χ0v) is 14.8. The molecule has 0 aliphatic heterocycles. The molecule has 0 bridgehead atoms. The van der Waals surface area contributed by atoms with E-state index in [1.807, 2.05) is 24.3 Å². The largest absolute Gasteiger partial charge is 0.493 e. The highest BCUT2D eigenvalue weighted by Gasteiger charge is 2.11. The molecule has 0 amide bonds. The molecule has 27 heavy (non-hydrogen) atoms. The first-order valence-corrected chi connectivity index (χ1v) is 8.29. The molecule has 2 aromatic heterocycles. The van der Waals surface area contributed by atoms with Crippen molar-refractivity contribution in [2.24, 2.45) is 0 Å². The van der Waals surface area contributed by atoms with Crippen molar-refractivity contribution in [1.29, 1.82) is 0 Å². The van der Waals surface area contributed by atoms with E-state index >= 15 is 0 Å². The van der Waals surface area contributed by atoms with Crippen molar-refractivity contribution in [3.05, 3.63) is 80.5 Å². The molecule has 4 aromatic rings. The predicted molar refractivity (Wildman–Crippen MR) is 101 cm³/mol. The smallest absolute Gasteiger partial charge is 0.336 e. The summed E-state index contributed by atoms with van der Waals surface area (Å²) in [6, 6.07) is 13.8. The topological polar surface area (TPSA) is 78.9 Å². The molecule has 2 heterocycles. The molecular formula is C21H16O6. The Morgan fingerprint density at radius 3 is 1.56 bits per heavy atom. The van der Waals surface area contributed by atoms with Crippen molar-refractivity contribution in [3.8, 4) is 11.5 Å². The number of rotatable bonds is 4. The summed E-state index contributed by atoms with van der Waals surface area (Å²) in [5.74, 6) is 0.998. The van der Waals surface area contributed by atoms with Gasteiger partial charge >= 0.3 is 11.3 Å². The molecule has 0 saturated heterocycles. The first-order valence-electron chi connectivity index (χ1n) is 8.29. The maximum Gasteiger partial charge on any atom is 0.336 e. The Labute approximate surface area is 153 Å². The van der Waals surface area contributed by atoms with Gasteiger partial charge in [0.1, 0.15) is 0 Å². The van der Waals surface area contributed by atoms with Gasteiger partial charge < -0.3 is 18.3 Å². The van der Waals surface area contributed by atoms with Crippen LogP contribution < -0.4 is 20.7 Å². The molecule has 6 nitrogen and oxygen atoms in total. The van der Waals surface area contributed by atoms with Gasteiger partial charge in [-0.2, -0.15) is 0 Å². The highest BCUT2D eigenvalue weighted by Crippen LogP contribution is 2.30. The Hall–Kier alpha value is -3.54. The molecular weight excluding hydrogens is 348 g/mol. The Morgan fingerprint density at radius 2 is 1.15 bits per heavy atom. The Bertz CT molecular complexity index is 1170. The van der Waals surface area contributed by atoms with E-state index in [2.05, 4.69) is 0 Å². The van der Waals surface area contributed by atoms with Gasteiger partial charge in [0.2, 0.25) is 0 Å². The Kier molecular flexibility index (Phi) is 4.16. The number of hydrogen-bond acceptors (Lipinski definition) is 6. The lowest BCUT2D eigenvalue weighted by Crippen LogP contribution is -1.99. The first-order chi connectivity index (χ1) is 13.1. The van der Waals surface area contributed by atoms with E-state index in [4.69, 9.17) is 18.3 Å². The van der Waals surface area contributed by atoms with E-state index in [0.29, 0.717) is 29.1 Å². The van der Waals surface area contributed by atoms with Crippen LogP contribution in [0.5, 0.6) is 11.5 Å². The second kappa shape index (κ2) is 6.64. The van der Waals surface area contributed by atoms with Gasteiger partial charge in [-0.3, -0.25) is 0 Å². The predicted octanol–water partition coefficient (Wildman–Crippen LogP) is 3.51. The molecule has 0 spiro atoms. The van der Waals surface area contributed by atoms with Crippen LogP contribution in [0.1, 0.15) is 11.1 Å². The van der Waals surface area contributed by atoms with Gasteiger partial charge in [0.15, 0.2) is 22.7 Å². The van der Waals surface area contributed by atoms with Crippen molar-refractivity contribution in [3.63, 3.8) is 0 Å². The zero-order chi connectivity index (χ0) is 19.0. The molecule has 0 unspecified atom stereocenters. The van der Waals surface area contributed by atoms with Crippen molar-refractivity contribution in [1.82, 2.24) is 0 Å². The highest BCUT2D eigenvalue weighted by molar-refractivity contribution is 5.85. The average Bonchev–Trinajstić information content (AvgIpc) is 2.67. The molecule has 6 heteroatoms. The summed E-state index contributed by atoms with van der Waals surface area (Å²) in [7, 11) is 3.07. The van der Waals surface area contributed by atoms with Gasteiger partial charge in [0.25, 0.3) is 0 Å². The van der Waals surface area contributed by atoms with E-state index in [9.17, 15) is 9.59 Å². The van der Waals surface area contributed by atoms with Crippen molar-refractivity contribution >= 4 is 21.9 Å². The van der Waals surface area contributed by atoms with Crippen LogP contribution in [0.3, 0.4) is 0 Å². The second-order valence-electron chi connectivity index (χ2n) is 6.12. The minimum atomic E-state index is -0.422. The Balaban J connectivity index is 1.82. The molecule has 136 valence electrons. The monoisotopic (exact) mass is 364 g/mol. The van der Waals surface area contributed by atoms with Crippen LogP contribution in [0.15, 0.2) is 67.0 Å². The minimum absolute atomic E-state index is 0.422. The highest BCUT2D eigenvalue weighted by atomic mass is 16.5. The fraction of sp³-hybridized carbons (Fsp3) is 0.143. The van der Waals surface area contributed by atoms with Crippen LogP contribution in [0.4, 0.5) is 0 Å². The molecule has 4 rings (SSSR count). The summed E-state index contributed by atoms with van der Waals surface area (Å²) >= 11 is 0. The maximum absolute atomic E-state index is 11.5. The maximum atomic E-state index is 11.5. The zero-order valence-electron chi connectivity index (χ0n) is 14.8. The number of ether oxygens (including phenoxy) is 2. The van der Waals surface area contributed by atoms with E-state index in [1.54, 1.807) is 12.1 Å². The molecule has 0 aliphatic rings. The number of hydrogen-bond donors (Lipinski definition) is 0. The van der Waals surface area contributed by atoms with Crippen molar-refractivity contribution in [2.75, 3.05) is 14.2 Å². The molecule has 2 aromatic carbocycles. The molecule has 0 fully saturated rings. The van der Waals surface area contributed by atoms with Crippen molar-refractivity contribution < 1.29 is 18.3 Å². The van der Waals surface area contributed by atoms with Gasteiger partial charge in [-0.05, 0) is 53.9 Å². The lowest BCUT2D eigenvalue weighted by Gasteiger charge is -2.10. The van der Waals surface area contributed by atoms with Gasteiger partial charge in [-0.1, -0.05) is 0 Å². The fourth-order valence-corrected chi connectivity index (χ4v) is 3.16. The van der Waals surface area contributed by atoms with Gasteiger partial charge in [-0.15, -0.1) is 0 Å². The first kappa shape index (κ1) is 16.9. The number of benzene rings is 2. The summed E-state index contributed by atoms with van der Waals surface area (Å²) in [5.41, 5.74) is 1.96. The molecule has 0 atom stereocenters. The van der Waals surface area contributed by atoms with E-state index in [1.165, 1.54) is 26.4 Å². The van der Waals surface area contributed by atoms with Gasteiger partial charge in [0.05, 0.1) is 14.2 Å². The van der Waals surface area contributed by atoms with Crippen LogP contribution in [-0.2, 0) is 6.42 Å². The average molecular weight is 364 g/mol. The third kappa shape index (κ3) is 3.17. The second-order valence-corrected chi connectivity index (χ2v) is 6.12. The number of fused-ring (bicyclic) bond motifs is 2. The van der Waals surface area contributed by atoms with E-state index in [-0.39, 0.29) is 0 Å². The van der Waals surface area contributed by atoms with Gasteiger partial charge in [-0.25, -0.2) is 9.59 Å². The van der Waals surface area contributed by atoms with Crippen LogP contribution in [0.25, 0.3) is 21.9 Å². The summed E-state index contributed by atoms with van der Waals surface area (Å²) in [6.45, 7) is 0. The minimum Gasteiger partial charge on any atom is -0.493 e. The SMILES string of the molecule is COc1cc(Cc2cc(OC)c3oc(=O)ccc3c2)cc2ccc(=O)oc12. The molecule has 0 saturated carbocycles. The molecule has 0 aliphatic carbocycles. The van der Waals surface area contributed by atoms with Gasteiger partial charge in [0, 0.05) is 22.9 Å².